The van der Waals surface area contributed by atoms with Crippen LogP contribution in [0.25, 0.3) is 0 Å². The molecule has 1 unspecified atom stereocenters. The van der Waals surface area contributed by atoms with Crippen LogP contribution < -0.4 is 10.2 Å². The van der Waals surface area contributed by atoms with Crippen molar-refractivity contribution in [2.24, 2.45) is 0 Å². The third-order valence-corrected chi connectivity index (χ3v) is 5.40. The van der Waals surface area contributed by atoms with Gasteiger partial charge < -0.3 is 15.1 Å². The second-order valence-corrected chi connectivity index (χ2v) is 7.13. The SMILES string of the molecule is CN1c2cc(C(=O)Nc3ccc(F)cc3)ccc2C(=O)N2CCCCCC21. The summed E-state index contributed by atoms with van der Waals surface area (Å²) < 4.78 is 13.0. The molecule has 1 atom stereocenters. The molecule has 5 nitrogen and oxygen atoms in total. The summed E-state index contributed by atoms with van der Waals surface area (Å²) in [5, 5.41) is 2.77. The van der Waals surface area contributed by atoms with Crippen LogP contribution in [0.1, 0.15) is 46.4 Å². The van der Waals surface area contributed by atoms with Crippen molar-refractivity contribution in [3.63, 3.8) is 0 Å². The topological polar surface area (TPSA) is 52.7 Å². The number of amides is 2. The van der Waals surface area contributed by atoms with Crippen LogP contribution in [0.2, 0.25) is 0 Å². The Bertz CT molecular complexity index is 881. The Morgan fingerprint density at radius 2 is 1.89 bits per heavy atom. The number of carbonyl (C=O) groups excluding carboxylic acids is 2. The molecule has 4 rings (SSSR count). The number of carbonyl (C=O) groups is 2. The molecular formula is C21H22FN3O2. The van der Waals surface area contributed by atoms with Gasteiger partial charge in [0.25, 0.3) is 11.8 Å². The maximum absolute atomic E-state index is 13.0. The van der Waals surface area contributed by atoms with Gasteiger partial charge in [-0.1, -0.05) is 6.42 Å². The van der Waals surface area contributed by atoms with E-state index < -0.39 is 0 Å². The predicted octanol–water partition coefficient (Wildman–Crippen LogP) is 3.87. The molecule has 2 aromatic rings. The molecule has 0 saturated carbocycles. The Balaban J connectivity index is 1.62. The second kappa shape index (κ2) is 7.02. The molecule has 2 heterocycles. The average Bonchev–Trinajstić information content (AvgIpc) is 2.94. The van der Waals surface area contributed by atoms with Crippen LogP contribution in [0.15, 0.2) is 42.5 Å². The number of fused-ring (bicyclic) bond motifs is 2. The maximum Gasteiger partial charge on any atom is 0.257 e. The lowest BCUT2D eigenvalue weighted by atomic mass is 10.0. The molecule has 2 aliphatic heterocycles. The van der Waals surface area contributed by atoms with Gasteiger partial charge in [0.2, 0.25) is 0 Å². The molecule has 140 valence electrons. The number of anilines is 2. The van der Waals surface area contributed by atoms with Crippen molar-refractivity contribution in [1.82, 2.24) is 4.90 Å². The van der Waals surface area contributed by atoms with E-state index in [1.807, 2.05) is 11.9 Å². The van der Waals surface area contributed by atoms with Gasteiger partial charge in [0.15, 0.2) is 0 Å². The van der Waals surface area contributed by atoms with Gasteiger partial charge in [0.1, 0.15) is 12.0 Å². The number of halogens is 1. The highest BCUT2D eigenvalue weighted by atomic mass is 19.1. The summed E-state index contributed by atoms with van der Waals surface area (Å²) in [5.41, 5.74) is 2.42. The van der Waals surface area contributed by atoms with Gasteiger partial charge in [-0.15, -0.1) is 0 Å². The Morgan fingerprint density at radius 1 is 1.11 bits per heavy atom. The summed E-state index contributed by atoms with van der Waals surface area (Å²) >= 11 is 0. The van der Waals surface area contributed by atoms with Crippen LogP contribution in [0.3, 0.4) is 0 Å². The molecule has 1 fully saturated rings. The first-order valence-corrected chi connectivity index (χ1v) is 9.29. The minimum absolute atomic E-state index is 0.0421. The van der Waals surface area contributed by atoms with E-state index in [-0.39, 0.29) is 23.8 Å². The smallest absolute Gasteiger partial charge is 0.257 e. The van der Waals surface area contributed by atoms with Crippen molar-refractivity contribution in [2.45, 2.75) is 31.8 Å². The quantitative estimate of drug-likeness (QED) is 0.877. The Kier molecular flexibility index (Phi) is 4.56. The monoisotopic (exact) mass is 367 g/mol. The molecule has 0 radical (unpaired) electrons. The highest BCUT2D eigenvalue weighted by molar-refractivity contribution is 6.08. The van der Waals surface area contributed by atoms with Crippen LogP contribution in [0, 0.1) is 5.82 Å². The van der Waals surface area contributed by atoms with E-state index in [9.17, 15) is 14.0 Å². The molecule has 0 aromatic heterocycles. The summed E-state index contributed by atoms with van der Waals surface area (Å²) in [6.07, 6.45) is 4.24. The van der Waals surface area contributed by atoms with E-state index >= 15 is 0 Å². The number of rotatable bonds is 2. The molecule has 1 N–H and O–H groups in total. The fraction of sp³-hybridized carbons (Fsp3) is 0.333. The fourth-order valence-corrected chi connectivity index (χ4v) is 3.93. The molecule has 27 heavy (non-hydrogen) atoms. The first-order valence-electron chi connectivity index (χ1n) is 9.29. The van der Waals surface area contributed by atoms with Gasteiger partial charge >= 0.3 is 0 Å². The average molecular weight is 367 g/mol. The lowest BCUT2D eigenvalue weighted by Gasteiger charge is -2.43. The summed E-state index contributed by atoms with van der Waals surface area (Å²) in [6, 6.07) is 10.8. The lowest BCUT2D eigenvalue weighted by Crippen LogP contribution is -2.53. The zero-order valence-corrected chi connectivity index (χ0v) is 15.2. The van der Waals surface area contributed by atoms with E-state index in [1.165, 1.54) is 24.3 Å². The van der Waals surface area contributed by atoms with Crippen LogP contribution in [-0.4, -0.2) is 36.5 Å². The molecule has 0 bridgehead atoms. The van der Waals surface area contributed by atoms with E-state index in [2.05, 4.69) is 10.2 Å². The van der Waals surface area contributed by atoms with Crippen LogP contribution >= 0.6 is 0 Å². The van der Waals surface area contributed by atoms with Crippen molar-refractivity contribution in [1.29, 1.82) is 0 Å². The Morgan fingerprint density at radius 3 is 2.67 bits per heavy atom. The number of hydrogen-bond donors (Lipinski definition) is 1. The minimum Gasteiger partial charge on any atom is -0.354 e. The molecule has 0 aliphatic carbocycles. The number of hydrogen-bond acceptors (Lipinski definition) is 3. The van der Waals surface area contributed by atoms with Crippen molar-refractivity contribution >= 4 is 23.2 Å². The van der Waals surface area contributed by atoms with E-state index in [0.29, 0.717) is 16.8 Å². The van der Waals surface area contributed by atoms with Gasteiger partial charge in [-0.05, 0) is 61.7 Å². The van der Waals surface area contributed by atoms with Crippen LogP contribution in [0.5, 0.6) is 0 Å². The molecule has 2 amide bonds. The molecule has 1 saturated heterocycles. The Labute approximate surface area is 157 Å². The highest BCUT2D eigenvalue weighted by Gasteiger charge is 2.36. The van der Waals surface area contributed by atoms with Gasteiger partial charge in [-0.2, -0.15) is 0 Å². The third-order valence-electron chi connectivity index (χ3n) is 5.40. The van der Waals surface area contributed by atoms with Gasteiger partial charge in [0, 0.05) is 24.8 Å². The van der Waals surface area contributed by atoms with Crippen LogP contribution in [0.4, 0.5) is 15.8 Å². The van der Waals surface area contributed by atoms with E-state index in [0.717, 1.165) is 37.9 Å². The number of benzene rings is 2. The number of nitrogens with zero attached hydrogens (tertiary/aromatic N) is 2. The van der Waals surface area contributed by atoms with Crippen molar-refractivity contribution < 1.29 is 14.0 Å². The molecule has 0 spiro atoms. The fourth-order valence-electron chi connectivity index (χ4n) is 3.93. The summed E-state index contributed by atoms with van der Waals surface area (Å²) in [5.74, 6) is -0.594. The lowest BCUT2D eigenvalue weighted by molar-refractivity contribution is 0.0661. The Hall–Kier alpha value is -2.89. The van der Waals surface area contributed by atoms with Gasteiger partial charge in [0.05, 0.1) is 11.3 Å². The standard InChI is InChI=1S/C21H22FN3O2/c1-24-18-13-14(20(26)23-16-9-7-15(22)8-10-16)6-11-17(18)21(27)25-12-4-2-3-5-19(24)25/h6-11,13,19H,2-5,12H2,1H3,(H,23,26). The highest BCUT2D eigenvalue weighted by Crippen LogP contribution is 2.34. The summed E-state index contributed by atoms with van der Waals surface area (Å²) in [4.78, 5) is 29.6. The first kappa shape index (κ1) is 17.5. The van der Waals surface area contributed by atoms with Crippen molar-refractivity contribution in [2.75, 3.05) is 23.8 Å². The number of nitrogens with one attached hydrogen (secondary N) is 1. The van der Waals surface area contributed by atoms with Crippen LogP contribution in [-0.2, 0) is 0 Å². The van der Waals surface area contributed by atoms with E-state index in [1.54, 1.807) is 18.2 Å². The zero-order valence-electron chi connectivity index (χ0n) is 15.2. The summed E-state index contributed by atoms with van der Waals surface area (Å²) in [7, 11) is 1.98. The summed E-state index contributed by atoms with van der Waals surface area (Å²) in [6.45, 7) is 0.778. The van der Waals surface area contributed by atoms with Crippen molar-refractivity contribution in [3.05, 3.63) is 59.4 Å². The zero-order chi connectivity index (χ0) is 19.0. The molecule has 2 aliphatic rings. The van der Waals surface area contributed by atoms with Gasteiger partial charge in [-0.25, -0.2) is 4.39 Å². The van der Waals surface area contributed by atoms with Crippen molar-refractivity contribution in [3.8, 4) is 0 Å². The maximum atomic E-state index is 13.0. The largest absolute Gasteiger partial charge is 0.354 e. The molecule has 6 heteroatoms. The molecule has 2 aromatic carbocycles. The normalized spacial score (nSPS) is 19.2. The minimum atomic E-state index is -0.352. The predicted molar refractivity (Wildman–Crippen MR) is 102 cm³/mol. The third kappa shape index (κ3) is 3.27. The second-order valence-electron chi connectivity index (χ2n) is 7.13. The van der Waals surface area contributed by atoms with E-state index in [4.69, 9.17) is 0 Å². The first-order chi connectivity index (χ1) is 13.0. The van der Waals surface area contributed by atoms with Gasteiger partial charge in [-0.3, -0.25) is 9.59 Å². The molecular weight excluding hydrogens is 345 g/mol.